The van der Waals surface area contributed by atoms with E-state index in [-0.39, 0.29) is 12.0 Å². The molecule has 0 N–H and O–H groups in total. The van der Waals surface area contributed by atoms with Gasteiger partial charge < -0.3 is 4.90 Å². The molecule has 2 heterocycles. The molecule has 0 spiro atoms. The Labute approximate surface area is 124 Å². The summed E-state index contributed by atoms with van der Waals surface area (Å²) in [5, 5.41) is 6.74. The summed E-state index contributed by atoms with van der Waals surface area (Å²) < 4.78 is 39.9. The number of rotatable bonds is 3. The van der Waals surface area contributed by atoms with Crippen molar-refractivity contribution in [3.8, 4) is 5.69 Å². The van der Waals surface area contributed by atoms with Gasteiger partial charge in [0.15, 0.2) is 17.7 Å². The number of benzene rings is 1. The predicted octanol–water partition coefficient (Wildman–Crippen LogP) is 2.70. The van der Waals surface area contributed by atoms with Gasteiger partial charge in [-0.25, -0.2) is 4.68 Å². The highest BCUT2D eigenvalue weighted by molar-refractivity contribution is 5.74. The van der Waals surface area contributed by atoms with Gasteiger partial charge in [-0.05, 0) is 37.1 Å². The minimum absolute atomic E-state index is 0.0604. The second-order valence-corrected chi connectivity index (χ2v) is 5.06. The first-order valence-electron chi connectivity index (χ1n) is 6.84. The first-order valence-corrected chi connectivity index (χ1v) is 6.84. The third-order valence-electron chi connectivity index (χ3n) is 3.64. The molecule has 8 heteroatoms. The summed E-state index contributed by atoms with van der Waals surface area (Å²) in [7, 11) is 0. The molecule has 0 aliphatic carbocycles. The first kappa shape index (κ1) is 14.6. The van der Waals surface area contributed by atoms with Crippen LogP contribution in [-0.2, 0) is 6.18 Å². The SMILES string of the molecule is O=Cc1nnn(-c2ccc(N3CCCC3)cc2)c1C(F)(F)F. The van der Waals surface area contributed by atoms with E-state index in [1.807, 2.05) is 0 Å². The molecule has 1 fully saturated rings. The summed E-state index contributed by atoms with van der Waals surface area (Å²) in [5.41, 5.74) is -0.686. The van der Waals surface area contributed by atoms with Crippen LogP contribution in [0.3, 0.4) is 0 Å². The van der Waals surface area contributed by atoms with Gasteiger partial charge in [-0.1, -0.05) is 5.21 Å². The maximum absolute atomic E-state index is 13.1. The summed E-state index contributed by atoms with van der Waals surface area (Å²) in [6.45, 7) is 1.90. The molecule has 1 aliphatic heterocycles. The molecule has 0 unspecified atom stereocenters. The highest BCUT2D eigenvalue weighted by Gasteiger charge is 2.39. The normalized spacial score (nSPS) is 15.3. The summed E-state index contributed by atoms with van der Waals surface area (Å²) in [5.74, 6) is 0. The predicted molar refractivity (Wildman–Crippen MR) is 73.2 cm³/mol. The summed E-state index contributed by atoms with van der Waals surface area (Å²) >= 11 is 0. The number of alkyl halides is 3. The molecule has 0 saturated carbocycles. The molecule has 1 aromatic heterocycles. The van der Waals surface area contributed by atoms with E-state index in [0.717, 1.165) is 31.6 Å². The van der Waals surface area contributed by atoms with E-state index >= 15 is 0 Å². The minimum Gasteiger partial charge on any atom is -0.372 e. The van der Waals surface area contributed by atoms with Gasteiger partial charge in [0.2, 0.25) is 0 Å². The monoisotopic (exact) mass is 310 g/mol. The van der Waals surface area contributed by atoms with Crippen molar-refractivity contribution < 1.29 is 18.0 Å². The number of halogens is 3. The summed E-state index contributed by atoms with van der Waals surface area (Å²) in [6, 6.07) is 6.60. The van der Waals surface area contributed by atoms with Crippen molar-refractivity contribution in [1.29, 1.82) is 0 Å². The molecule has 3 rings (SSSR count). The Morgan fingerprint density at radius 2 is 1.64 bits per heavy atom. The highest BCUT2D eigenvalue weighted by atomic mass is 19.4. The zero-order valence-electron chi connectivity index (χ0n) is 11.5. The first-order chi connectivity index (χ1) is 10.5. The van der Waals surface area contributed by atoms with Crippen molar-refractivity contribution in [2.75, 3.05) is 18.0 Å². The molecule has 0 atom stereocenters. The largest absolute Gasteiger partial charge is 0.435 e. The van der Waals surface area contributed by atoms with E-state index in [2.05, 4.69) is 15.2 Å². The molecular weight excluding hydrogens is 297 g/mol. The number of nitrogens with zero attached hydrogens (tertiary/aromatic N) is 4. The Morgan fingerprint density at radius 3 is 2.18 bits per heavy atom. The van der Waals surface area contributed by atoms with Crippen molar-refractivity contribution in [2.45, 2.75) is 19.0 Å². The van der Waals surface area contributed by atoms with Gasteiger partial charge in [-0.15, -0.1) is 5.10 Å². The average Bonchev–Trinajstić information content (AvgIpc) is 3.16. The molecule has 116 valence electrons. The lowest BCUT2D eigenvalue weighted by atomic mass is 10.2. The summed E-state index contributed by atoms with van der Waals surface area (Å²) in [6.07, 6.45) is -2.41. The van der Waals surface area contributed by atoms with Crippen LogP contribution in [0, 0.1) is 0 Å². The van der Waals surface area contributed by atoms with Crippen LogP contribution in [0.1, 0.15) is 29.0 Å². The number of carbonyl (C=O) groups is 1. The number of hydrogen-bond donors (Lipinski definition) is 0. The number of anilines is 1. The van der Waals surface area contributed by atoms with Gasteiger partial charge in [0.25, 0.3) is 0 Å². The molecule has 1 aliphatic rings. The van der Waals surface area contributed by atoms with Gasteiger partial charge >= 0.3 is 6.18 Å². The van der Waals surface area contributed by atoms with Crippen molar-refractivity contribution in [3.05, 3.63) is 35.7 Å². The molecule has 0 bridgehead atoms. The average molecular weight is 310 g/mol. The van der Waals surface area contributed by atoms with Gasteiger partial charge in [0.1, 0.15) is 0 Å². The van der Waals surface area contributed by atoms with Crippen LogP contribution in [0.15, 0.2) is 24.3 Å². The van der Waals surface area contributed by atoms with E-state index < -0.39 is 17.6 Å². The minimum atomic E-state index is -4.70. The van der Waals surface area contributed by atoms with Crippen LogP contribution in [0.25, 0.3) is 5.69 Å². The number of hydrogen-bond acceptors (Lipinski definition) is 4. The van der Waals surface area contributed by atoms with Crippen molar-refractivity contribution in [3.63, 3.8) is 0 Å². The Bertz CT molecular complexity index is 672. The quantitative estimate of drug-likeness (QED) is 0.818. The number of aromatic nitrogens is 3. The lowest BCUT2D eigenvalue weighted by Crippen LogP contribution is -2.18. The fraction of sp³-hybridized carbons (Fsp3) is 0.357. The Kier molecular flexibility index (Phi) is 3.59. The van der Waals surface area contributed by atoms with Gasteiger partial charge in [-0.2, -0.15) is 13.2 Å². The Balaban J connectivity index is 1.97. The van der Waals surface area contributed by atoms with Crippen LogP contribution < -0.4 is 4.90 Å². The third kappa shape index (κ3) is 2.56. The lowest BCUT2D eigenvalue weighted by Gasteiger charge is -2.18. The number of carbonyl (C=O) groups excluding carboxylic acids is 1. The fourth-order valence-corrected chi connectivity index (χ4v) is 2.60. The maximum atomic E-state index is 13.1. The standard InChI is InChI=1S/C14H13F3N4O/c15-14(16,17)13-12(9-22)18-19-21(13)11-5-3-10(4-6-11)20-7-1-2-8-20/h3-6,9H,1-2,7-8H2. The lowest BCUT2D eigenvalue weighted by molar-refractivity contribution is -0.143. The van der Waals surface area contributed by atoms with Gasteiger partial charge in [0, 0.05) is 18.8 Å². The Morgan fingerprint density at radius 1 is 1.05 bits per heavy atom. The van der Waals surface area contributed by atoms with Gasteiger partial charge in [-0.3, -0.25) is 4.79 Å². The molecule has 22 heavy (non-hydrogen) atoms. The molecule has 0 amide bonds. The van der Waals surface area contributed by atoms with Crippen molar-refractivity contribution in [1.82, 2.24) is 15.0 Å². The molecule has 1 saturated heterocycles. The smallest absolute Gasteiger partial charge is 0.372 e. The van der Waals surface area contributed by atoms with E-state index in [0.29, 0.717) is 4.68 Å². The van der Waals surface area contributed by atoms with Crippen molar-refractivity contribution >= 4 is 12.0 Å². The zero-order valence-corrected chi connectivity index (χ0v) is 11.5. The highest BCUT2D eigenvalue weighted by Crippen LogP contribution is 2.32. The molecule has 5 nitrogen and oxygen atoms in total. The molecule has 1 aromatic carbocycles. The van der Waals surface area contributed by atoms with Crippen LogP contribution in [-0.4, -0.2) is 34.4 Å². The van der Waals surface area contributed by atoms with E-state index in [4.69, 9.17) is 0 Å². The van der Waals surface area contributed by atoms with E-state index in [1.54, 1.807) is 24.3 Å². The van der Waals surface area contributed by atoms with Crippen LogP contribution in [0.2, 0.25) is 0 Å². The van der Waals surface area contributed by atoms with Gasteiger partial charge in [0.05, 0.1) is 5.69 Å². The van der Waals surface area contributed by atoms with Crippen LogP contribution >= 0.6 is 0 Å². The van der Waals surface area contributed by atoms with E-state index in [9.17, 15) is 18.0 Å². The Hall–Kier alpha value is -2.38. The third-order valence-corrected chi connectivity index (χ3v) is 3.64. The van der Waals surface area contributed by atoms with Crippen LogP contribution in [0.4, 0.5) is 18.9 Å². The molecular formula is C14H13F3N4O. The van der Waals surface area contributed by atoms with Crippen LogP contribution in [0.5, 0.6) is 0 Å². The second kappa shape index (κ2) is 5.43. The topological polar surface area (TPSA) is 51.0 Å². The molecule has 0 radical (unpaired) electrons. The maximum Gasteiger partial charge on any atom is 0.435 e. The fourth-order valence-electron chi connectivity index (χ4n) is 2.60. The second-order valence-electron chi connectivity index (χ2n) is 5.06. The number of aldehydes is 1. The zero-order chi connectivity index (χ0) is 15.7. The molecule has 2 aromatic rings. The summed E-state index contributed by atoms with van der Waals surface area (Å²) in [4.78, 5) is 12.9. The van der Waals surface area contributed by atoms with E-state index in [1.165, 1.54) is 0 Å². The van der Waals surface area contributed by atoms with Crippen molar-refractivity contribution in [2.24, 2.45) is 0 Å².